The average molecular weight is 415 g/mol. The van der Waals surface area contributed by atoms with Gasteiger partial charge in [-0.3, -0.25) is 4.79 Å². The Hall–Kier alpha value is -1.15. The van der Waals surface area contributed by atoms with Crippen molar-refractivity contribution < 1.29 is 18.1 Å². The van der Waals surface area contributed by atoms with Crippen molar-refractivity contribution in [2.24, 2.45) is 5.92 Å². The summed E-state index contributed by atoms with van der Waals surface area (Å²) in [7, 11) is -0.627. The second-order valence-corrected chi connectivity index (χ2v) is 10.4. The first-order valence-electron chi connectivity index (χ1n) is 9.65. The zero-order valence-corrected chi connectivity index (χ0v) is 17.6. The second kappa shape index (κ2) is 8.47. The molecule has 1 saturated heterocycles. The van der Waals surface area contributed by atoms with Gasteiger partial charge in [-0.15, -0.1) is 0 Å². The number of hydrogen-bond acceptors (Lipinski definition) is 3. The molecule has 1 saturated carbocycles. The van der Waals surface area contributed by atoms with Gasteiger partial charge in [-0.2, -0.15) is 0 Å². The zero-order valence-electron chi connectivity index (χ0n) is 16.0. The average Bonchev–Trinajstić information content (AvgIpc) is 2.63. The summed E-state index contributed by atoms with van der Waals surface area (Å²) in [6.45, 7) is 1.43. The molecule has 1 unspecified atom stereocenters. The number of rotatable bonds is 5. The van der Waals surface area contributed by atoms with E-state index in [2.05, 4.69) is 5.32 Å². The van der Waals surface area contributed by atoms with Gasteiger partial charge in [0.1, 0.15) is 0 Å². The lowest BCUT2D eigenvalue weighted by atomic mass is 9.78. The van der Waals surface area contributed by atoms with Crippen molar-refractivity contribution >= 4 is 33.2 Å². The molecule has 0 spiro atoms. The van der Waals surface area contributed by atoms with Gasteiger partial charge in [0.15, 0.2) is 6.54 Å². The van der Waals surface area contributed by atoms with Crippen LogP contribution in [-0.2, 0) is 14.8 Å². The molecule has 1 aliphatic carbocycles. The first-order valence-corrected chi connectivity index (χ1v) is 11.5. The van der Waals surface area contributed by atoms with Gasteiger partial charge in [0, 0.05) is 20.0 Å². The summed E-state index contributed by atoms with van der Waals surface area (Å²) in [6, 6.07) is 4.98. The second-order valence-electron chi connectivity index (χ2n) is 7.86. The Labute approximate surface area is 166 Å². The van der Waals surface area contributed by atoms with Crippen LogP contribution in [0.25, 0.3) is 0 Å². The maximum absolute atomic E-state index is 12.7. The van der Waals surface area contributed by atoms with E-state index < -0.39 is 10.0 Å². The van der Waals surface area contributed by atoms with Crippen LogP contribution in [0.1, 0.15) is 38.5 Å². The molecule has 3 rings (SSSR count). The minimum absolute atomic E-state index is 0.113. The number of anilines is 1. The maximum Gasteiger partial charge on any atom is 0.279 e. The van der Waals surface area contributed by atoms with E-state index in [1.54, 1.807) is 0 Å². The summed E-state index contributed by atoms with van der Waals surface area (Å²) >= 11 is 6.19. The van der Waals surface area contributed by atoms with Crippen molar-refractivity contribution in [1.82, 2.24) is 4.31 Å². The Balaban J connectivity index is 1.70. The number of nitrogens with one attached hydrogen (secondary N) is 2. The molecular formula is C19H29ClN3O3S+. The van der Waals surface area contributed by atoms with Gasteiger partial charge < -0.3 is 10.2 Å². The fourth-order valence-electron chi connectivity index (χ4n) is 4.46. The predicted octanol–water partition coefficient (Wildman–Crippen LogP) is 1.77. The Kier molecular flexibility index (Phi) is 6.46. The van der Waals surface area contributed by atoms with E-state index in [4.69, 9.17) is 11.6 Å². The highest BCUT2D eigenvalue weighted by Gasteiger charge is 2.37. The highest BCUT2D eigenvalue weighted by Crippen LogP contribution is 2.29. The summed E-state index contributed by atoms with van der Waals surface area (Å²) in [6.07, 6.45) is 7.50. The van der Waals surface area contributed by atoms with Gasteiger partial charge in [-0.05, 0) is 50.3 Å². The predicted molar refractivity (Wildman–Crippen MR) is 107 cm³/mol. The van der Waals surface area contributed by atoms with Gasteiger partial charge in [-0.25, -0.2) is 12.7 Å². The third-order valence-electron chi connectivity index (χ3n) is 5.88. The first-order chi connectivity index (χ1) is 12.8. The fourth-order valence-corrected chi connectivity index (χ4v) is 5.55. The summed E-state index contributed by atoms with van der Waals surface area (Å²) < 4.78 is 25.8. The number of carbonyl (C=O) groups excluding carboxylic acids is 1. The van der Waals surface area contributed by atoms with Crippen LogP contribution in [0.4, 0.5) is 5.69 Å². The van der Waals surface area contributed by atoms with Crippen molar-refractivity contribution in [1.29, 1.82) is 0 Å². The smallest absolute Gasteiger partial charge is 0.279 e. The topological polar surface area (TPSA) is 70.9 Å². The highest BCUT2D eigenvalue weighted by atomic mass is 35.5. The van der Waals surface area contributed by atoms with Crippen molar-refractivity contribution in [3.63, 3.8) is 0 Å². The van der Waals surface area contributed by atoms with Crippen LogP contribution >= 0.6 is 11.6 Å². The number of hydrogen-bond donors (Lipinski definition) is 2. The molecule has 150 valence electrons. The summed E-state index contributed by atoms with van der Waals surface area (Å²) in [5.74, 6) is 0.630. The Morgan fingerprint density at radius 1 is 1.22 bits per heavy atom. The lowest BCUT2D eigenvalue weighted by Gasteiger charge is -2.40. The molecule has 6 nitrogen and oxygen atoms in total. The molecule has 2 aliphatic rings. The van der Waals surface area contributed by atoms with Gasteiger partial charge >= 0.3 is 0 Å². The van der Waals surface area contributed by atoms with E-state index in [1.165, 1.54) is 75.7 Å². The minimum atomic E-state index is -3.58. The molecule has 1 aromatic carbocycles. The van der Waals surface area contributed by atoms with Crippen LogP contribution in [-0.4, -0.2) is 51.9 Å². The molecule has 1 heterocycles. The van der Waals surface area contributed by atoms with Gasteiger partial charge in [0.25, 0.3) is 5.91 Å². The van der Waals surface area contributed by atoms with Gasteiger partial charge in [-0.1, -0.05) is 18.0 Å². The molecule has 8 heteroatoms. The van der Waals surface area contributed by atoms with Crippen LogP contribution < -0.4 is 10.2 Å². The molecule has 1 aliphatic heterocycles. The normalized spacial score (nSPS) is 25.9. The molecule has 2 N–H and O–H groups in total. The maximum atomic E-state index is 12.7. The van der Waals surface area contributed by atoms with E-state index >= 15 is 0 Å². The molecule has 0 bridgehead atoms. The Morgan fingerprint density at radius 2 is 1.93 bits per heavy atom. The van der Waals surface area contributed by atoms with Crippen LogP contribution in [0.2, 0.25) is 5.02 Å². The van der Waals surface area contributed by atoms with E-state index in [0.717, 1.165) is 16.8 Å². The van der Waals surface area contributed by atoms with E-state index in [9.17, 15) is 13.2 Å². The highest BCUT2D eigenvalue weighted by molar-refractivity contribution is 7.89. The third-order valence-corrected chi connectivity index (χ3v) is 8.03. The Morgan fingerprint density at radius 3 is 2.67 bits per heavy atom. The number of carbonyl (C=O) groups is 1. The quantitative estimate of drug-likeness (QED) is 0.771. The van der Waals surface area contributed by atoms with Gasteiger partial charge in [0.05, 0.1) is 28.2 Å². The SMILES string of the molecule is CN(C)S(=O)(=O)c1ccc(Cl)c(NC(=O)C[NH+]2CCC[C@@H]3CCCC[C@@H]32)c1. The molecule has 2 fully saturated rings. The molecule has 27 heavy (non-hydrogen) atoms. The van der Waals surface area contributed by atoms with Crippen molar-refractivity contribution in [2.75, 3.05) is 32.5 Å². The van der Waals surface area contributed by atoms with E-state index in [-0.39, 0.29) is 10.8 Å². The summed E-state index contributed by atoms with van der Waals surface area (Å²) in [5.41, 5.74) is 0.348. The van der Waals surface area contributed by atoms with Gasteiger partial charge in [0.2, 0.25) is 10.0 Å². The van der Waals surface area contributed by atoms with Crippen molar-refractivity contribution in [3.05, 3.63) is 23.2 Å². The van der Waals surface area contributed by atoms with Crippen LogP contribution in [0, 0.1) is 5.92 Å². The fraction of sp³-hybridized carbons (Fsp3) is 0.632. The van der Waals surface area contributed by atoms with Crippen molar-refractivity contribution in [3.8, 4) is 0 Å². The van der Waals surface area contributed by atoms with Crippen LogP contribution in [0.15, 0.2) is 23.1 Å². The monoisotopic (exact) mass is 414 g/mol. The lowest BCUT2D eigenvalue weighted by Crippen LogP contribution is -3.18. The molecular weight excluding hydrogens is 386 g/mol. The number of quaternary nitrogens is 1. The number of sulfonamides is 1. The number of benzene rings is 1. The molecule has 3 atom stereocenters. The van der Waals surface area contributed by atoms with Crippen molar-refractivity contribution in [2.45, 2.75) is 49.5 Å². The number of likely N-dealkylation sites (tertiary alicyclic amines) is 1. The number of piperidine rings is 1. The third kappa shape index (κ3) is 4.65. The van der Waals surface area contributed by atoms with E-state index in [0.29, 0.717) is 23.3 Å². The summed E-state index contributed by atoms with van der Waals surface area (Å²) in [5, 5.41) is 3.17. The molecule has 1 aromatic rings. The van der Waals surface area contributed by atoms with E-state index in [1.807, 2.05) is 0 Å². The number of amides is 1. The number of fused-ring (bicyclic) bond motifs is 1. The molecule has 1 amide bonds. The standard InChI is InChI=1S/C19H28ClN3O3S/c1-22(2)27(25,26)15-9-10-16(20)17(12-15)21-19(24)13-23-11-5-7-14-6-3-4-8-18(14)23/h9-10,12,14,18H,3-8,11,13H2,1-2H3,(H,21,24)/p+1/t14-,18-/m0/s1. The largest absolute Gasteiger partial charge is 0.324 e. The minimum Gasteiger partial charge on any atom is -0.324 e. The number of halogens is 1. The number of nitrogens with zero attached hydrogens (tertiary/aromatic N) is 1. The zero-order chi connectivity index (χ0) is 19.6. The Bertz CT molecular complexity index is 795. The van der Waals surface area contributed by atoms with Crippen LogP contribution in [0.3, 0.4) is 0 Å². The first kappa shape index (κ1) is 20.6. The summed E-state index contributed by atoms with van der Waals surface area (Å²) in [4.78, 5) is 14.1. The lowest BCUT2D eigenvalue weighted by molar-refractivity contribution is -0.928. The molecule has 0 aromatic heterocycles. The molecule has 0 radical (unpaired) electrons. The van der Waals surface area contributed by atoms with Crippen LogP contribution in [0.5, 0.6) is 0 Å².